The molecule has 1 unspecified atom stereocenters. The smallest absolute Gasteiger partial charge is 0.224 e. The van der Waals surface area contributed by atoms with E-state index in [1.54, 1.807) is 0 Å². The van der Waals surface area contributed by atoms with E-state index in [2.05, 4.69) is 16.0 Å². The molecule has 1 aromatic carbocycles. The first-order chi connectivity index (χ1) is 11.0. The molecular formula is C18H28ClN3O2. The van der Waals surface area contributed by atoms with Gasteiger partial charge in [-0.25, -0.2) is 0 Å². The summed E-state index contributed by atoms with van der Waals surface area (Å²) in [7, 11) is 0. The summed E-state index contributed by atoms with van der Waals surface area (Å²) in [6.07, 6.45) is 3.16. The Hall–Kier alpha value is -1.59. The van der Waals surface area contributed by atoms with Crippen molar-refractivity contribution in [2.45, 2.75) is 39.5 Å². The van der Waals surface area contributed by atoms with E-state index >= 15 is 0 Å². The van der Waals surface area contributed by atoms with E-state index < -0.39 is 0 Å². The predicted molar refractivity (Wildman–Crippen MR) is 101 cm³/mol. The highest BCUT2D eigenvalue weighted by Gasteiger charge is 2.15. The zero-order valence-electron chi connectivity index (χ0n) is 14.4. The number of rotatable bonds is 7. The Morgan fingerprint density at radius 2 is 1.71 bits per heavy atom. The van der Waals surface area contributed by atoms with Crippen molar-refractivity contribution in [2.24, 2.45) is 11.8 Å². The van der Waals surface area contributed by atoms with Crippen LogP contribution in [0.15, 0.2) is 24.3 Å². The molecule has 3 N–H and O–H groups in total. The number of carbonyl (C=O) groups excluding carboxylic acids is 2. The first-order valence-electron chi connectivity index (χ1n) is 8.43. The lowest BCUT2D eigenvalue weighted by molar-refractivity contribution is -0.117. The van der Waals surface area contributed by atoms with Crippen molar-refractivity contribution in [1.82, 2.24) is 5.32 Å². The summed E-state index contributed by atoms with van der Waals surface area (Å²) in [5, 5.41) is 9.08. The fraction of sp³-hybridized carbons (Fsp3) is 0.556. The van der Waals surface area contributed by atoms with E-state index in [4.69, 9.17) is 0 Å². The van der Waals surface area contributed by atoms with Gasteiger partial charge < -0.3 is 16.0 Å². The van der Waals surface area contributed by atoms with Gasteiger partial charge in [-0.1, -0.05) is 13.8 Å². The second kappa shape index (κ2) is 10.3. The van der Waals surface area contributed by atoms with Crippen LogP contribution in [0.2, 0.25) is 0 Å². The fourth-order valence-corrected chi connectivity index (χ4v) is 2.74. The minimum atomic E-state index is 0. The minimum absolute atomic E-state index is 0. The van der Waals surface area contributed by atoms with Gasteiger partial charge in [-0.2, -0.15) is 0 Å². The van der Waals surface area contributed by atoms with Crippen molar-refractivity contribution < 1.29 is 9.59 Å². The van der Waals surface area contributed by atoms with E-state index in [1.807, 2.05) is 38.1 Å². The maximum Gasteiger partial charge on any atom is 0.224 e. The van der Waals surface area contributed by atoms with Gasteiger partial charge in [-0.3, -0.25) is 9.59 Å². The van der Waals surface area contributed by atoms with Crippen molar-refractivity contribution in [2.75, 3.05) is 23.7 Å². The molecule has 0 radical (unpaired) electrons. The molecule has 1 fully saturated rings. The second-order valence-corrected chi connectivity index (χ2v) is 6.67. The van der Waals surface area contributed by atoms with Crippen LogP contribution in [0.3, 0.4) is 0 Å². The van der Waals surface area contributed by atoms with Gasteiger partial charge in [-0.05, 0) is 62.0 Å². The highest BCUT2D eigenvalue weighted by molar-refractivity contribution is 5.93. The van der Waals surface area contributed by atoms with Gasteiger partial charge in [0.05, 0.1) is 0 Å². The average molecular weight is 354 g/mol. The standard InChI is InChI=1S/C18H27N3O2.ClH/c1-13(2)11-18(23)21-16-6-4-15(5-7-16)20-17(22)8-3-14-9-10-19-12-14;/h4-7,13-14,19H,3,8-12H2,1-2H3,(H,20,22)(H,21,23);1H. The molecule has 134 valence electrons. The van der Waals surface area contributed by atoms with Crippen molar-refractivity contribution in [1.29, 1.82) is 0 Å². The Kier molecular flexibility index (Phi) is 8.79. The molecule has 1 heterocycles. The molecule has 0 saturated carbocycles. The summed E-state index contributed by atoms with van der Waals surface area (Å²) >= 11 is 0. The molecular weight excluding hydrogens is 326 g/mol. The van der Waals surface area contributed by atoms with E-state index in [9.17, 15) is 9.59 Å². The van der Waals surface area contributed by atoms with Gasteiger partial charge in [0.15, 0.2) is 0 Å². The van der Waals surface area contributed by atoms with Crippen LogP contribution in [-0.4, -0.2) is 24.9 Å². The highest BCUT2D eigenvalue weighted by atomic mass is 35.5. The van der Waals surface area contributed by atoms with Crippen molar-refractivity contribution in [3.05, 3.63) is 24.3 Å². The van der Waals surface area contributed by atoms with Crippen LogP contribution in [0.25, 0.3) is 0 Å². The van der Waals surface area contributed by atoms with Crippen LogP contribution in [0, 0.1) is 11.8 Å². The zero-order valence-corrected chi connectivity index (χ0v) is 15.2. The number of benzene rings is 1. The number of anilines is 2. The predicted octanol–water partition coefficient (Wildman–Crippen LogP) is 3.42. The first-order valence-corrected chi connectivity index (χ1v) is 8.43. The molecule has 6 heteroatoms. The number of amides is 2. The van der Waals surface area contributed by atoms with E-state index in [-0.39, 0.29) is 24.2 Å². The molecule has 2 rings (SSSR count). The molecule has 5 nitrogen and oxygen atoms in total. The SMILES string of the molecule is CC(C)CC(=O)Nc1ccc(NC(=O)CCC2CCNC2)cc1.Cl. The van der Waals surface area contributed by atoms with Gasteiger partial charge in [-0.15, -0.1) is 12.4 Å². The molecule has 0 bridgehead atoms. The summed E-state index contributed by atoms with van der Waals surface area (Å²) in [6, 6.07) is 7.27. The molecule has 1 atom stereocenters. The molecule has 2 amide bonds. The molecule has 0 spiro atoms. The fourth-order valence-electron chi connectivity index (χ4n) is 2.74. The summed E-state index contributed by atoms with van der Waals surface area (Å²) in [5.74, 6) is 1.03. The van der Waals surface area contributed by atoms with E-state index in [1.165, 1.54) is 0 Å². The van der Waals surface area contributed by atoms with Crippen molar-refractivity contribution >= 4 is 35.6 Å². The number of hydrogen-bond donors (Lipinski definition) is 3. The zero-order chi connectivity index (χ0) is 16.7. The van der Waals surface area contributed by atoms with Crippen LogP contribution < -0.4 is 16.0 Å². The van der Waals surface area contributed by atoms with Crippen LogP contribution in [0.5, 0.6) is 0 Å². The van der Waals surface area contributed by atoms with Crippen LogP contribution in [0.1, 0.15) is 39.5 Å². The Morgan fingerprint density at radius 1 is 1.12 bits per heavy atom. The van der Waals surface area contributed by atoms with Crippen LogP contribution in [0.4, 0.5) is 11.4 Å². The normalized spacial score (nSPS) is 16.5. The maximum atomic E-state index is 12.0. The Labute approximate surface area is 150 Å². The number of nitrogens with one attached hydrogen (secondary N) is 3. The first kappa shape index (κ1) is 20.5. The summed E-state index contributed by atoms with van der Waals surface area (Å²) in [6.45, 7) is 6.12. The van der Waals surface area contributed by atoms with Crippen LogP contribution in [-0.2, 0) is 9.59 Å². The maximum absolute atomic E-state index is 12.0. The number of carbonyl (C=O) groups is 2. The number of hydrogen-bond acceptors (Lipinski definition) is 3. The highest BCUT2D eigenvalue weighted by Crippen LogP contribution is 2.17. The molecule has 0 aliphatic carbocycles. The molecule has 1 aliphatic heterocycles. The Balaban J connectivity index is 0.00000288. The third kappa shape index (κ3) is 7.32. The Morgan fingerprint density at radius 3 is 2.21 bits per heavy atom. The lowest BCUT2D eigenvalue weighted by Gasteiger charge is -2.10. The second-order valence-electron chi connectivity index (χ2n) is 6.67. The third-order valence-electron chi connectivity index (χ3n) is 3.99. The third-order valence-corrected chi connectivity index (χ3v) is 3.99. The molecule has 24 heavy (non-hydrogen) atoms. The van der Waals surface area contributed by atoms with Crippen molar-refractivity contribution in [3.8, 4) is 0 Å². The largest absolute Gasteiger partial charge is 0.326 e. The number of halogens is 1. The van der Waals surface area contributed by atoms with Gasteiger partial charge in [0.25, 0.3) is 0 Å². The molecule has 0 aromatic heterocycles. The summed E-state index contributed by atoms with van der Waals surface area (Å²) < 4.78 is 0. The quantitative estimate of drug-likeness (QED) is 0.703. The van der Waals surface area contributed by atoms with E-state index in [0.29, 0.717) is 24.7 Å². The monoisotopic (exact) mass is 353 g/mol. The van der Waals surface area contributed by atoms with Gasteiger partial charge in [0.2, 0.25) is 11.8 Å². The lowest BCUT2D eigenvalue weighted by atomic mass is 10.0. The molecule has 1 saturated heterocycles. The van der Waals surface area contributed by atoms with Gasteiger partial charge in [0, 0.05) is 24.2 Å². The molecule has 1 aromatic rings. The average Bonchev–Trinajstić information content (AvgIpc) is 3.00. The topological polar surface area (TPSA) is 70.2 Å². The van der Waals surface area contributed by atoms with Crippen molar-refractivity contribution in [3.63, 3.8) is 0 Å². The minimum Gasteiger partial charge on any atom is -0.326 e. The van der Waals surface area contributed by atoms with E-state index in [0.717, 1.165) is 37.3 Å². The summed E-state index contributed by atoms with van der Waals surface area (Å²) in [5.41, 5.74) is 1.52. The lowest BCUT2D eigenvalue weighted by Crippen LogP contribution is -2.15. The van der Waals surface area contributed by atoms with Gasteiger partial charge in [0.1, 0.15) is 0 Å². The Bertz CT molecular complexity index is 526. The van der Waals surface area contributed by atoms with Gasteiger partial charge >= 0.3 is 0 Å². The van der Waals surface area contributed by atoms with Crippen LogP contribution >= 0.6 is 12.4 Å². The molecule has 1 aliphatic rings. The summed E-state index contributed by atoms with van der Waals surface area (Å²) in [4.78, 5) is 23.7.